The number of aromatic amines is 2. The molecule has 0 aliphatic carbocycles. The van der Waals surface area contributed by atoms with E-state index in [1.165, 1.54) is 25.1 Å². The molecule has 0 saturated heterocycles. The van der Waals surface area contributed by atoms with Crippen LogP contribution in [0.1, 0.15) is 12.5 Å². The molecule has 3 N–H and O–H groups in total. The molecule has 1 heterocycles. The van der Waals surface area contributed by atoms with Crippen molar-refractivity contribution >= 4 is 28.6 Å². The highest BCUT2D eigenvalue weighted by atomic mass is 19.1. The van der Waals surface area contributed by atoms with Gasteiger partial charge in [0.25, 0.3) is 5.91 Å². The maximum atomic E-state index is 13.1. The molecule has 8 heteroatoms. The first-order valence-electron chi connectivity index (χ1n) is 7.87. The molecule has 1 amide bonds. The van der Waals surface area contributed by atoms with Crippen LogP contribution in [0, 0.1) is 5.82 Å². The fourth-order valence-electron chi connectivity index (χ4n) is 2.46. The summed E-state index contributed by atoms with van der Waals surface area (Å²) in [6.07, 6.45) is -1.16. The summed E-state index contributed by atoms with van der Waals surface area (Å²) in [6, 6.07) is 10.5. The smallest absolute Gasteiger partial charge is 0.323 e. The maximum absolute atomic E-state index is 13.1. The molecule has 1 atom stereocenters. The molecule has 134 valence electrons. The third-order valence-corrected chi connectivity index (χ3v) is 3.70. The Hall–Kier alpha value is -3.42. The van der Waals surface area contributed by atoms with Gasteiger partial charge in [0.05, 0.1) is 17.5 Å². The van der Waals surface area contributed by atoms with Crippen molar-refractivity contribution in [1.82, 2.24) is 9.97 Å². The molecule has 0 spiro atoms. The minimum absolute atomic E-state index is 0.133. The normalized spacial score (nSPS) is 11.9. The van der Waals surface area contributed by atoms with Crippen LogP contribution in [0.3, 0.4) is 0 Å². The number of hydrogen-bond donors (Lipinski definition) is 3. The monoisotopic (exact) mass is 357 g/mol. The fourth-order valence-corrected chi connectivity index (χ4v) is 2.46. The van der Waals surface area contributed by atoms with Crippen molar-refractivity contribution in [2.45, 2.75) is 19.4 Å². The van der Waals surface area contributed by atoms with Crippen LogP contribution < -0.4 is 11.0 Å². The minimum Gasteiger partial charge on any atom is -0.452 e. The van der Waals surface area contributed by atoms with Gasteiger partial charge in [0, 0.05) is 5.69 Å². The van der Waals surface area contributed by atoms with E-state index < -0.39 is 23.8 Å². The standard InChI is InChI=1S/C18H16FN3O4/c1-10(26-16(23)8-11-3-2-4-12(19)7-11)17(24)20-13-5-6-14-15(9-13)22-18(25)21-14/h2-7,9-10H,8H2,1H3,(H,20,24)(H2,21,22,25)/t10-/m1/s1. The number of H-pyrrole nitrogens is 2. The van der Waals surface area contributed by atoms with Gasteiger partial charge >= 0.3 is 11.7 Å². The Balaban J connectivity index is 1.59. The highest BCUT2D eigenvalue weighted by Gasteiger charge is 2.18. The number of benzene rings is 2. The van der Waals surface area contributed by atoms with E-state index in [0.717, 1.165) is 0 Å². The van der Waals surface area contributed by atoms with E-state index in [2.05, 4.69) is 15.3 Å². The highest BCUT2D eigenvalue weighted by molar-refractivity contribution is 5.96. The van der Waals surface area contributed by atoms with Crippen molar-refractivity contribution in [2.75, 3.05) is 5.32 Å². The number of carbonyl (C=O) groups is 2. The van der Waals surface area contributed by atoms with Gasteiger partial charge in [-0.2, -0.15) is 0 Å². The van der Waals surface area contributed by atoms with Crippen LogP contribution in [0.25, 0.3) is 11.0 Å². The number of anilines is 1. The van der Waals surface area contributed by atoms with Gasteiger partial charge in [-0.3, -0.25) is 9.59 Å². The Morgan fingerprint density at radius 3 is 2.69 bits per heavy atom. The molecule has 0 fully saturated rings. The van der Waals surface area contributed by atoms with Gasteiger partial charge in [-0.25, -0.2) is 9.18 Å². The van der Waals surface area contributed by atoms with Crippen LogP contribution in [-0.2, 0) is 20.7 Å². The second-order valence-electron chi connectivity index (χ2n) is 5.77. The van der Waals surface area contributed by atoms with E-state index in [0.29, 0.717) is 22.3 Å². The number of ether oxygens (including phenoxy) is 1. The summed E-state index contributed by atoms with van der Waals surface area (Å²) >= 11 is 0. The minimum atomic E-state index is -1.03. The fraction of sp³-hybridized carbons (Fsp3) is 0.167. The van der Waals surface area contributed by atoms with Gasteiger partial charge in [0.2, 0.25) is 0 Å². The predicted octanol–water partition coefficient (Wildman–Crippen LogP) is 2.11. The first kappa shape index (κ1) is 17.4. The number of rotatable bonds is 5. The summed E-state index contributed by atoms with van der Waals surface area (Å²) in [5.41, 5.74) is 1.73. The number of carbonyl (C=O) groups excluding carboxylic acids is 2. The number of imidazole rings is 1. The molecule has 0 unspecified atom stereocenters. The zero-order chi connectivity index (χ0) is 18.7. The molecule has 26 heavy (non-hydrogen) atoms. The third kappa shape index (κ3) is 4.15. The average molecular weight is 357 g/mol. The lowest BCUT2D eigenvalue weighted by Gasteiger charge is -2.13. The second-order valence-corrected chi connectivity index (χ2v) is 5.77. The molecule has 1 aromatic heterocycles. The molecule has 0 aliphatic heterocycles. The lowest BCUT2D eigenvalue weighted by Crippen LogP contribution is -2.30. The quantitative estimate of drug-likeness (QED) is 0.608. The topological polar surface area (TPSA) is 104 Å². The van der Waals surface area contributed by atoms with Crippen molar-refractivity contribution in [3.8, 4) is 0 Å². The molecule has 3 rings (SSSR count). The summed E-state index contributed by atoms with van der Waals surface area (Å²) in [6.45, 7) is 1.44. The van der Waals surface area contributed by atoms with Gasteiger partial charge in [-0.05, 0) is 42.8 Å². The molecule has 2 aromatic carbocycles. The van der Waals surface area contributed by atoms with Crippen molar-refractivity contribution < 1.29 is 18.7 Å². The summed E-state index contributed by atoms with van der Waals surface area (Å²) in [5.74, 6) is -1.60. The number of aromatic nitrogens is 2. The molecule has 3 aromatic rings. The van der Waals surface area contributed by atoms with E-state index in [9.17, 15) is 18.8 Å². The zero-order valence-electron chi connectivity index (χ0n) is 13.8. The van der Waals surface area contributed by atoms with Gasteiger partial charge in [-0.15, -0.1) is 0 Å². The van der Waals surface area contributed by atoms with E-state index in [-0.39, 0.29) is 12.1 Å². The van der Waals surface area contributed by atoms with Crippen molar-refractivity contribution in [2.24, 2.45) is 0 Å². The van der Waals surface area contributed by atoms with Crippen LogP contribution >= 0.6 is 0 Å². The predicted molar refractivity (Wildman–Crippen MR) is 93.2 cm³/mol. The SMILES string of the molecule is C[C@@H](OC(=O)Cc1cccc(F)c1)C(=O)Nc1ccc2[nH]c(=O)[nH]c2c1. The van der Waals surface area contributed by atoms with Crippen molar-refractivity contribution in [3.05, 3.63) is 64.3 Å². The lowest BCUT2D eigenvalue weighted by atomic mass is 10.1. The number of amides is 1. The number of esters is 1. The van der Waals surface area contributed by atoms with Gasteiger partial charge in [0.15, 0.2) is 6.10 Å². The second kappa shape index (κ2) is 7.22. The van der Waals surface area contributed by atoms with E-state index >= 15 is 0 Å². The Morgan fingerprint density at radius 1 is 1.15 bits per heavy atom. The molecule has 7 nitrogen and oxygen atoms in total. The Labute approximate surface area is 147 Å². The average Bonchev–Trinajstić information content (AvgIpc) is 2.94. The van der Waals surface area contributed by atoms with Crippen LogP contribution in [-0.4, -0.2) is 27.9 Å². The molecule has 0 aliphatic rings. The molecule has 0 saturated carbocycles. The molecule has 0 bridgehead atoms. The third-order valence-electron chi connectivity index (χ3n) is 3.70. The number of nitrogens with one attached hydrogen (secondary N) is 3. The molecular formula is C18H16FN3O4. The maximum Gasteiger partial charge on any atom is 0.323 e. The largest absolute Gasteiger partial charge is 0.452 e. The molecular weight excluding hydrogens is 341 g/mol. The van der Waals surface area contributed by atoms with Gasteiger partial charge in [0.1, 0.15) is 5.82 Å². The van der Waals surface area contributed by atoms with Gasteiger partial charge in [-0.1, -0.05) is 12.1 Å². The van der Waals surface area contributed by atoms with Crippen LogP contribution in [0.4, 0.5) is 10.1 Å². The van der Waals surface area contributed by atoms with Crippen LogP contribution in [0.2, 0.25) is 0 Å². The van der Waals surface area contributed by atoms with E-state index in [1.807, 2.05) is 0 Å². The summed E-state index contributed by atoms with van der Waals surface area (Å²) in [4.78, 5) is 40.5. The lowest BCUT2D eigenvalue weighted by molar-refractivity contribution is -0.152. The highest BCUT2D eigenvalue weighted by Crippen LogP contribution is 2.15. The Bertz CT molecular complexity index is 1020. The first-order valence-corrected chi connectivity index (χ1v) is 7.87. The van der Waals surface area contributed by atoms with Crippen LogP contribution in [0.15, 0.2) is 47.3 Å². The van der Waals surface area contributed by atoms with E-state index in [4.69, 9.17) is 4.74 Å². The van der Waals surface area contributed by atoms with Crippen LogP contribution in [0.5, 0.6) is 0 Å². The Morgan fingerprint density at radius 2 is 1.92 bits per heavy atom. The zero-order valence-corrected chi connectivity index (χ0v) is 13.8. The summed E-state index contributed by atoms with van der Waals surface area (Å²) in [5, 5.41) is 2.61. The van der Waals surface area contributed by atoms with Gasteiger partial charge < -0.3 is 20.0 Å². The number of halogens is 1. The number of fused-ring (bicyclic) bond motifs is 1. The summed E-state index contributed by atoms with van der Waals surface area (Å²) in [7, 11) is 0. The summed E-state index contributed by atoms with van der Waals surface area (Å²) < 4.78 is 18.2. The Kier molecular flexibility index (Phi) is 4.83. The first-order chi connectivity index (χ1) is 12.4. The van der Waals surface area contributed by atoms with Crippen molar-refractivity contribution in [1.29, 1.82) is 0 Å². The number of hydrogen-bond acceptors (Lipinski definition) is 4. The van der Waals surface area contributed by atoms with E-state index in [1.54, 1.807) is 24.3 Å². The van der Waals surface area contributed by atoms with Crippen molar-refractivity contribution in [3.63, 3.8) is 0 Å². The molecule has 0 radical (unpaired) electrons.